The number of hydrogen-bond acceptors (Lipinski definition) is 7. The summed E-state index contributed by atoms with van der Waals surface area (Å²) in [6, 6.07) is 5.79. The highest BCUT2D eigenvalue weighted by Crippen LogP contribution is 2.39. The van der Waals surface area contributed by atoms with Crippen molar-refractivity contribution in [3.63, 3.8) is 0 Å². The van der Waals surface area contributed by atoms with Crippen LogP contribution in [0.15, 0.2) is 29.8 Å². The lowest BCUT2D eigenvalue weighted by molar-refractivity contribution is -0.138. The number of thiol groups is 1. The van der Waals surface area contributed by atoms with Crippen molar-refractivity contribution in [3.05, 3.63) is 47.0 Å². The van der Waals surface area contributed by atoms with Gasteiger partial charge in [0.1, 0.15) is 5.82 Å². The molecule has 2 aliphatic rings. The summed E-state index contributed by atoms with van der Waals surface area (Å²) >= 11 is 4.64. The number of ketones is 1. The second kappa shape index (κ2) is 8.65. The Kier molecular flexibility index (Phi) is 5.96. The van der Waals surface area contributed by atoms with Crippen molar-refractivity contribution in [2.75, 3.05) is 13.1 Å². The van der Waals surface area contributed by atoms with Crippen molar-refractivity contribution >= 4 is 30.5 Å². The fourth-order valence-electron chi connectivity index (χ4n) is 3.74. The summed E-state index contributed by atoms with van der Waals surface area (Å²) in [5.41, 5.74) is 1.28. The monoisotopic (exact) mass is 431 g/mol. The number of carboxylic acid groups (broad SMARTS) is 1. The van der Waals surface area contributed by atoms with E-state index in [1.807, 2.05) is 4.90 Å². The minimum atomic E-state index is -1.06. The van der Waals surface area contributed by atoms with Crippen LogP contribution in [0.2, 0.25) is 0 Å². The third-order valence-electron chi connectivity index (χ3n) is 5.38. The molecule has 0 radical (unpaired) electrons. The Morgan fingerprint density at radius 3 is 2.77 bits per heavy atom. The fraction of sp³-hybridized carbons (Fsp3) is 0.450. The Morgan fingerprint density at radius 2 is 2.07 bits per heavy atom. The van der Waals surface area contributed by atoms with Crippen LogP contribution in [0.3, 0.4) is 0 Å². The molecule has 0 spiro atoms. The van der Waals surface area contributed by atoms with E-state index < -0.39 is 12.0 Å². The largest absolute Gasteiger partial charge is 0.480 e. The maximum absolute atomic E-state index is 14.6. The van der Waals surface area contributed by atoms with E-state index in [-0.39, 0.29) is 35.1 Å². The molecular weight excluding hydrogens is 409 g/mol. The van der Waals surface area contributed by atoms with Crippen LogP contribution in [0.4, 0.5) is 4.39 Å². The lowest BCUT2D eigenvalue weighted by Crippen LogP contribution is -2.42. The lowest BCUT2D eigenvalue weighted by Gasteiger charge is -2.37. The Labute approximate surface area is 178 Å². The smallest absolute Gasteiger partial charge is 0.327 e. The van der Waals surface area contributed by atoms with Crippen molar-refractivity contribution in [1.82, 2.24) is 25.1 Å². The number of hydrogen-bond donors (Lipinski definition) is 2. The van der Waals surface area contributed by atoms with E-state index in [0.717, 1.165) is 23.2 Å². The average Bonchev–Trinajstić information content (AvgIpc) is 3.47. The predicted molar refractivity (Wildman–Crippen MR) is 109 cm³/mol. The number of benzene rings is 1. The summed E-state index contributed by atoms with van der Waals surface area (Å²) in [4.78, 5) is 26.9. The van der Waals surface area contributed by atoms with Gasteiger partial charge in [-0.3, -0.25) is 14.5 Å². The number of aliphatic carboxylic acids is 1. The first-order valence-electron chi connectivity index (χ1n) is 9.82. The van der Waals surface area contributed by atoms with Crippen LogP contribution in [0.5, 0.6) is 0 Å². The molecule has 158 valence electrons. The first-order chi connectivity index (χ1) is 14.4. The number of carboxylic acids is 1. The number of rotatable bonds is 7. The highest BCUT2D eigenvalue weighted by molar-refractivity contribution is 7.81. The number of halogens is 1. The number of aromatic nitrogens is 4. The number of carbonyl (C=O) groups excluding carboxylic acids is 1. The van der Waals surface area contributed by atoms with Gasteiger partial charge in [-0.05, 0) is 42.2 Å². The number of likely N-dealkylation sites (tertiary alicyclic amines) is 1. The minimum absolute atomic E-state index is 0.00616. The molecule has 1 aliphatic carbocycles. The number of carbonyl (C=O) groups is 2. The zero-order valence-electron chi connectivity index (χ0n) is 16.2. The summed E-state index contributed by atoms with van der Waals surface area (Å²) in [5, 5.41) is 20.4. The second-order valence-corrected chi connectivity index (χ2v) is 8.29. The van der Waals surface area contributed by atoms with E-state index in [4.69, 9.17) is 5.11 Å². The van der Waals surface area contributed by atoms with Crippen LogP contribution in [0.1, 0.15) is 36.7 Å². The maximum atomic E-state index is 14.6. The fourth-order valence-corrected chi connectivity index (χ4v) is 4.01. The minimum Gasteiger partial charge on any atom is -0.480 e. The number of nitrogens with zero attached hydrogens (tertiary/aromatic N) is 5. The number of Topliss-reactive ketones (excluding diaryl/α,β-unsaturated/α-hetero) is 1. The Hall–Kier alpha value is -2.59. The van der Waals surface area contributed by atoms with Crippen molar-refractivity contribution < 1.29 is 19.1 Å². The van der Waals surface area contributed by atoms with E-state index in [1.165, 1.54) is 6.07 Å². The molecule has 0 amide bonds. The molecule has 4 rings (SSSR count). The molecule has 8 nitrogen and oxygen atoms in total. The quantitative estimate of drug-likeness (QED) is 0.647. The molecule has 2 atom stereocenters. The van der Waals surface area contributed by atoms with Crippen LogP contribution in [-0.2, 0) is 16.1 Å². The molecular formula is C20H22FN5O3S. The Balaban J connectivity index is 1.60. The molecule has 1 aromatic heterocycles. The van der Waals surface area contributed by atoms with Crippen LogP contribution < -0.4 is 0 Å². The lowest BCUT2D eigenvalue weighted by atomic mass is 9.93. The zero-order valence-corrected chi connectivity index (χ0v) is 17.1. The van der Waals surface area contributed by atoms with Gasteiger partial charge in [-0.2, -0.15) is 17.4 Å². The van der Waals surface area contributed by atoms with Crippen LogP contribution in [0, 0.1) is 11.7 Å². The van der Waals surface area contributed by atoms with Gasteiger partial charge in [0.15, 0.2) is 18.2 Å². The van der Waals surface area contributed by atoms with Crippen molar-refractivity contribution in [2.24, 2.45) is 5.92 Å². The Bertz CT molecular complexity index is 990. The highest BCUT2D eigenvalue weighted by Gasteiger charge is 2.40. The number of tetrazole rings is 1. The molecule has 30 heavy (non-hydrogen) atoms. The maximum Gasteiger partial charge on any atom is 0.327 e. The van der Waals surface area contributed by atoms with Gasteiger partial charge in [-0.1, -0.05) is 18.2 Å². The van der Waals surface area contributed by atoms with Gasteiger partial charge in [0.25, 0.3) is 0 Å². The number of piperidine rings is 1. The molecule has 2 fully saturated rings. The molecule has 1 N–H and O–H groups in total. The molecule has 10 heteroatoms. The van der Waals surface area contributed by atoms with Gasteiger partial charge in [0.05, 0.1) is 6.04 Å². The normalized spacial score (nSPS) is 22.2. The van der Waals surface area contributed by atoms with Crippen LogP contribution in [-0.4, -0.2) is 60.3 Å². The van der Waals surface area contributed by atoms with E-state index in [9.17, 15) is 14.0 Å². The topological polar surface area (TPSA) is 101 Å². The van der Waals surface area contributed by atoms with Crippen molar-refractivity contribution in [1.29, 1.82) is 0 Å². The van der Waals surface area contributed by atoms with E-state index in [2.05, 4.69) is 28.0 Å². The summed E-state index contributed by atoms with van der Waals surface area (Å²) in [7, 11) is 0. The highest BCUT2D eigenvalue weighted by atomic mass is 32.1. The SMILES string of the molecule is O=C(O)Cn1nnc(/C=C2\CN(C(C(=O)C3CC3)c3ccccc3F)CCC2S)n1. The molecule has 0 bridgehead atoms. The van der Waals surface area contributed by atoms with Gasteiger partial charge < -0.3 is 5.11 Å². The van der Waals surface area contributed by atoms with Gasteiger partial charge in [0, 0.05) is 29.8 Å². The van der Waals surface area contributed by atoms with E-state index in [0.29, 0.717) is 25.1 Å². The van der Waals surface area contributed by atoms with Crippen LogP contribution >= 0.6 is 12.6 Å². The summed E-state index contributed by atoms with van der Waals surface area (Å²) in [5.74, 6) is -1.11. The zero-order chi connectivity index (χ0) is 21.3. The van der Waals surface area contributed by atoms with Crippen molar-refractivity contribution in [3.8, 4) is 0 Å². The average molecular weight is 431 g/mol. The molecule has 2 aromatic rings. The first-order valence-corrected chi connectivity index (χ1v) is 10.3. The molecule has 1 saturated carbocycles. The molecule has 1 aromatic carbocycles. The summed E-state index contributed by atoms with van der Waals surface area (Å²) < 4.78 is 14.6. The van der Waals surface area contributed by atoms with Gasteiger partial charge in [-0.25, -0.2) is 4.39 Å². The Morgan fingerprint density at radius 1 is 1.30 bits per heavy atom. The summed E-state index contributed by atoms with van der Waals surface area (Å²) in [6.07, 6.45) is 4.11. The summed E-state index contributed by atoms with van der Waals surface area (Å²) in [6.45, 7) is 0.652. The molecule has 2 heterocycles. The molecule has 1 saturated heterocycles. The molecule has 1 aliphatic heterocycles. The van der Waals surface area contributed by atoms with E-state index >= 15 is 0 Å². The van der Waals surface area contributed by atoms with E-state index in [1.54, 1.807) is 24.3 Å². The van der Waals surface area contributed by atoms with Crippen molar-refractivity contribution in [2.45, 2.75) is 37.1 Å². The third kappa shape index (κ3) is 4.59. The molecule has 2 unspecified atom stereocenters. The second-order valence-electron chi connectivity index (χ2n) is 7.67. The van der Waals surface area contributed by atoms with Gasteiger partial charge in [0.2, 0.25) is 0 Å². The first kappa shape index (κ1) is 20.7. The standard InChI is InChI=1S/C20H22FN5O3S/c21-15-4-2-1-3-14(15)19(20(29)12-5-6-12)25-8-7-16(30)13(10-25)9-17-22-24-26(23-17)11-18(27)28/h1-4,9,12,16,19,30H,5-8,10-11H2,(H,27,28)/b13-9+. The third-order valence-corrected chi connectivity index (χ3v) is 5.97. The van der Waals surface area contributed by atoms with Gasteiger partial charge >= 0.3 is 5.97 Å². The van der Waals surface area contributed by atoms with Gasteiger partial charge in [-0.15, -0.1) is 10.2 Å². The van der Waals surface area contributed by atoms with Crippen LogP contribution in [0.25, 0.3) is 6.08 Å². The predicted octanol–water partition coefficient (Wildman–Crippen LogP) is 2.00.